The number of carbonyl (C=O) groups is 2. The number of ether oxygens (including phenoxy) is 1. The first-order valence-electron chi connectivity index (χ1n) is 9.34. The van der Waals surface area contributed by atoms with Crippen LogP contribution in [0.4, 0.5) is 26.3 Å². The predicted molar refractivity (Wildman–Crippen MR) is 107 cm³/mol. The van der Waals surface area contributed by atoms with Gasteiger partial charge in [-0.2, -0.15) is 26.3 Å². The van der Waals surface area contributed by atoms with Crippen molar-refractivity contribution in [2.24, 2.45) is 5.92 Å². The molecule has 0 aromatic heterocycles. The van der Waals surface area contributed by atoms with E-state index >= 15 is 0 Å². The number of hydrogen-bond acceptors (Lipinski definition) is 5. The Bertz CT molecular complexity index is 1080. The van der Waals surface area contributed by atoms with Crippen molar-refractivity contribution in [3.8, 4) is 5.75 Å². The number of hydrogen-bond donors (Lipinski definition) is 4. The first kappa shape index (κ1) is 26.4. The fourth-order valence-corrected chi connectivity index (χ4v) is 2.74. The van der Waals surface area contributed by atoms with Gasteiger partial charge in [0.1, 0.15) is 11.5 Å². The van der Waals surface area contributed by atoms with Gasteiger partial charge in [-0.3, -0.25) is 15.6 Å². The molecule has 182 valence electrons. The Hall–Kier alpha value is -3.90. The third-order valence-corrected chi connectivity index (χ3v) is 4.54. The van der Waals surface area contributed by atoms with E-state index in [9.17, 15) is 35.9 Å². The Morgan fingerprint density at radius 3 is 1.91 bits per heavy atom. The van der Waals surface area contributed by atoms with Crippen molar-refractivity contribution in [3.05, 3.63) is 65.2 Å². The number of halogens is 6. The van der Waals surface area contributed by atoms with E-state index in [-0.39, 0.29) is 5.56 Å². The number of nitrogens with one attached hydrogen (secondary N) is 3. The molecule has 34 heavy (non-hydrogen) atoms. The Morgan fingerprint density at radius 1 is 0.941 bits per heavy atom. The van der Waals surface area contributed by atoms with E-state index in [1.807, 2.05) is 0 Å². The molecular formula is C21H17F6N3O4. The van der Waals surface area contributed by atoms with Gasteiger partial charge in [0.15, 0.2) is 5.92 Å². The molecule has 0 aliphatic rings. The number of benzene rings is 2. The predicted octanol–water partition coefficient (Wildman–Crippen LogP) is 4.84. The molecular weight excluding hydrogens is 472 g/mol. The zero-order chi connectivity index (χ0) is 25.8. The molecule has 2 aromatic carbocycles. The molecule has 7 nitrogen and oxygen atoms in total. The lowest BCUT2D eigenvalue weighted by Crippen LogP contribution is -2.47. The molecule has 2 rings (SSSR count). The second kappa shape index (κ2) is 9.93. The molecule has 0 heterocycles. The van der Waals surface area contributed by atoms with Crippen LogP contribution >= 0.6 is 0 Å². The van der Waals surface area contributed by atoms with Gasteiger partial charge < -0.3 is 15.2 Å². The summed E-state index contributed by atoms with van der Waals surface area (Å²) < 4.78 is 82.4. The van der Waals surface area contributed by atoms with Crippen LogP contribution in [0.3, 0.4) is 0 Å². The fraction of sp³-hybridized carbons (Fsp3) is 0.238. The average molecular weight is 489 g/mol. The Morgan fingerprint density at radius 2 is 1.47 bits per heavy atom. The highest BCUT2D eigenvalue weighted by Crippen LogP contribution is 2.31. The van der Waals surface area contributed by atoms with Crippen molar-refractivity contribution < 1.29 is 45.8 Å². The normalized spacial score (nSPS) is 13.5. The van der Waals surface area contributed by atoms with Crippen LogP contribution < -0.4 is 10.1 Å². The van der Waals surface area contributed by atoms with Crippen LogP contribution in [0.1, 0.15) is 34.5 Å². The topological polar surface area (TPSA) is 123 Å². The zero-order valence-corrected chi connectivity index (χ0v) is 17.2. The summed E-state index contributed by atoms with van der Waals surface area (Å²) in [7, 11) is 0. The van der Waals surface area contributed by atoms with E-state index in [4.69, 9.17) is 20.7 Å². The molecule has 0 saturated carbocycles. The van der Waals surface area contributed by atoms with Gasteiger partial charge >= 0.3 is 18.3 Å². The maximum Gasteiger partial charge on any atom is 0.430 e. The Kier molecular flexibility index (Phi) is 7.70. The fourth-order valence-electron chi connectivity index (χ4n) is 2.74. The maximum atomic E-state index is 13.2. The first-order chi connectivity index (χ1) is 15.6. The van der Waals surface area contributed by atoms with Gasteiger partial charge in [-0.15, -0.1) is 0 Å². The highest BCUT2D eigenvalue weighted by molar-refractivity contribution is 6.20. The molecule has 2 atom stereocenters. The van der Waals surface area contributed by atoms with Crippen molar-refractivity contribution in [2.45, 2.75) is 25.3 Å². The Labute approximate surface area is 188 Å². The minimum atomic E-state index is -5.30. The number of rotatable bonds is 7. The lowest BCUT2D eigenvalue weighted by molar-refractivity contribution is -0.137. The number of carbonyl (C=O) groups excluding carboxylic acids is 1. The molecule has 0 aliphatic carbocycles. The van der Waals surface area contributed by atoms with Crippen LogP contribution in [0.5, 0.6) is 5.75 Å². The maximum absolute atomic E-state index is 13.2. The van der Waals surface area contributed by atoms with E-state index in [2.05, 4.69) is 5.32 Å². The van der Waals surface area contributed by atoms with Crippen molar-refractivity contribution in [1.82, 2.24) is 5.32 Å². The van der Waals surface area contributed by atoms with Crippen LogP contribution in [0.15, 0.2) is 48.5 Å². The van der Waals surface area contributed by atoms with Gasteiger partial charge in [0.05, 0.1) is 17.2 Å². The third-order valence-electron chi connectivity index (χ3n) is 4.54. The SMILES string of the molecule is CC(NC(=O)C(C(=N)Oc1ccc(C(F)(F)F)cc1)C(=N)C(F)(F)F)c1ccc(C(=O)O)cc1. The lowest BCUT2D eigenvalue weighted by Gasteiger charge is -2.23. The van der Waals surface area contributed by atoms with Gasteiger partial charge in [0, 0.05) is 0 Å². The minimum absolute atomic E-state index is 0.0641. The quantitative estimate of drug-likeness (QED) is 0.253. The summed E-state index contributed by atoms with van der Waals surface area (Å²) in [5, 5.41) is 26.3. The van der Waals surface area contributed by atoms with Crippen molar-refractivity contribution >= 4 is 23.5 Å². The standard InChI is InChI=1S/C21H17F6N3O4/c1-10(11-2-4-12(5-3-11)19(32)33)30-18(31)15(16(28)21(25,26)27)17(29)34-14-8-6-13(7-9-14)20(22,23)24/h2-10,15,28-29H,1H3,(H,30,31)(H,32,33). The summed E-state index contributed by atoms with van der Waals surface area (Å²) >= 11 is 0. The van der Waals surface area contributed by atoms with E-state index in [1.54, 1.807) is 0 Å². The molecule has 0 fully saturated rings. The smallest absolute Gasteiger partial charge is 0.430 e. The average Bonchev–Trinajstić information content (AvgIpc) is 2.72. The third kappa shape index (κ3) is 6.56. The second-order valence-corrected chi connectivity index (χ2v) is 6.99. The summed E-state index contributed by atoms with van der Waals surface area (Å²) in [6.45, 7) is 1.38. The van der Waals surface area contributed by atoms with Crippen molar-refractivity contribution in [1.29, 1.82) is 10.8 Å². The van der Waals surface area contributed by atoms with Gasteiger partial charge in [0.25, 0.3) is 0 Å². The molecule has 1 amide bonds. The first-order valence-corrected chi connectivity index (χ1v) is 9.34. The molecule has 0 radical (unpaired) electrons. The summed E-state index contributed by atoms with van der Waals surface area (Å²) in [6, 6.07) is 6.80. The number of amides is 1. The zero-order valence-electron chi connectivity index (χ0n) is 17.2. The summed E-state index contributed by atoms with van der Waals surface area (Å²) in [6.07, 6.45) is -9.98. The molecule has 2 unspecified atom stereocenters. The van der Waals surface area contributed by atoms with Crippen LogP contribution in [0.25, 0.3) is 0 Å². The van der Waals surface area contributed by atoms with Crippen LogP contribution in [-0.4, -0.2) is 34.8 Å². The number of alkyl halides is 6. The monoisotopic (exact) mass is 489 g/mol. The summed E-state index contributed by atoms with van der Waals surface area (Å²) in [5.74, 6) is -6.95. The van der Waals surface area contributed by atoms with E-state index in [0.717, 1.165) is 12.1 Å². The highest BCUT2D eigenvalue weighted by Gasteiger charge is 2.46. The van der Waals surface area contributed by atoms with Gasteiger partial charge in [-0.05, 0) is 48.9 Å². The van der Waals surface area contributed by atoms with E-state index in [0.29, 0.717) is 17.7 Å². The number of carboxylic acids is 1. The largest absolute Gasteiger partial charge is 0.478 e. The molecule has 2 aromatic rings. The van der Waals surface area contributed by atoms with Crippen LogP contribution in [0, 0.1) is 16.7 Å². The van der Waals surface area contributed by atoms with Gasteiger partial charge in [-0.1, -0.05) is 12.1 Å². The Balaban J connectivity index is 2.24. The molecule has 0 aliphatic heterocycles. The van der Waals surface area contributed by atoms with Gasteiger partial charge in [-0.25, -0.2) is 4.79 Å². The minimum Gasteiger partial charge on any atom is -0.478 e. The molecule has 0 saturated heterocycles. The van der Waals surface area contributed by atoms with E-state index < -0.39 is 59.1 Å². The van der Waals surface area contributed by atoms with Crippen molar-refractivity contribution in [3.63, 3.8) is 0 Å². The number of carboxylic acid groups (broad SMARTS) is 1. The lowest BCUT2D eigenvalue weighted by atomic mass is 9.99. The van der Waals surface area contributed by atoms with Crippen molar-refractivity contribution in [2.75, 3.05) is 0 Å². The second-order valence-electron chi connectivity index (χ2n) is 6.99. The molecule has 0 spiro atoms. The summed E-state index contributed by atoms with van der Waals surface area (Å²) in [4.78, 5) is 23.5. The molecule has 0 bridgehead atoms. The van der Waals surface area contributed by atoms with Crippen LogP contribution in [0.2, 0.25) is 0 Å². The van der Waals surface area contributed by atoms with Gasteiger partial charge in [0.2, 0.25) is 11.8 Å². The van der Waals surface area contributed by atoms with Crippen LogP contribution in [-0.2, 0) is 11.0 Å². The summed E-state index contributed by atoms with van der Waals surface area (Å²) in [5.41, 5.74) is -2.92. The van der Waals surface area contributed by atoms with E-state index in [1.165, 1.54) is 31.2 Å². The highest BCUT2D eigenvalue weighted by atomic mass is 19.4. The number of aromatic carboxylic acids is 1. The molecule has 4 N–H and O–H groups in total. The molecule has 13 heteroatoms.